The molecule has 0 bridgehead atoms. The number of nitrogens with zero attached hydrogens (tertiary/aromatic N) is 1. The molecule has 0 fully saturated rings. The van der Waals surface area contributed by atoms with Crippen LogP contribution in [0.15, 0.2) is 0 Å². The van der Waals surface area contributed by atoms with E-state index in [0.29, 0.717) is 11.1 Å². The molecular formula is C15H23NO4. The lowest BCUT2D eigenvalue weighted by molar-refractivity contribution is 0.0479. The molecular weight excluding hydrogens is 258 g/mol. The first-order valence-electron chi connectivity index (χ1n) is 6.92. The van der Waals surface area contributed by atoms with Crippen molar-refractivity contribution in [3.05, 3.63) is 22.5 Å². The van der Waals surface area contributed by atoms with Crippen LogP contribution in [0.4, 0.5) is 0 Å². The lowest BCUT2D eigenvalue weighted by atomic mass is 10.1. The van der Waals surface area contributed by atoms with Crippen molar-refractivity contribution in [2.75, 3.05) is 13.2 Å². The van der Waals surface area contributed by atoms with Crippen LogP contribution in [0.5, 0.6) is 0 Å². The van der Waals surface area contributed by atoms with Gasteiger partial charge in [0, 0.05) is 17.4 Å². The average Bonchev–Trinajstić information content (AvgIpc) is 2.61. The summed E-state index contributed by atoms with van der Waals surface area (Å²) < 4.78 is 12.1. The van der Waals surface area contributed by atoms with Crippen LogP contribution in [0.3, 0.4) is 0 Å². The molecule has 20 heavy (non-hydrogen) atoms. The predicted octanol–water partition coefficient (Wildman–Crippen LogP) is 3.04. The Kier molecular flexibility index (Phi) is 5.36. The summed E-state index contributed by atoms with van der Waals surface area (Å²) in [7, 11) is 0. The number of hydrogen-bond acceptors (Lipinski definition) is 4. The molecule has 1 heterocycles. The quantitative estimate of drug-likeness (QED) is 0.778. The number of rotatable bonds is 5. The summed E-state index contributed by atoms with van der Waals surface area (Å²) >= 11 is 0. The smallest absolute Gasteiger partial charge is 0.340 e. The number of aromatic nitrogens is 1. The first-order chi connectivity index (χ1) is 9.36. The second-order valence-corrected chi connectivity index (χ2v) is 4.83. The molecule has 0 saturated heterocycles. The second-order valence-electron chi connectivity index (χ2n) is 4.83. The zero-order valence-electron chi connectivity index (χ0n) is 13.1. The fraction of sp³-hybridized carbons (Fsp3) is 0.600. The minimum absolute atomic E-state index is 0.145. The monoisotopic (exact) mass is 281 g/mol. The van der Waals surface area contributed by atoms with Gasteiger partial charge in [0.05, 0.1) is 24.3 Å². The fourth-order valence-corrected chi connectivity index (χ4v) is 2.53. The van der Waals surface area contributed by atoms with E-state index in [2.05, 4.69) is 0 Å². The van der Waals surface area contributed by atoms with Crippen molar-refractivity contribution in [2.24, 2.45) is 0 Å². The van der Waals surface area contributed by atoms with Crippen molar-refractivity contribution >= 4 is 11.9 Å². The van der Waals surface area contributed by atoms with Gasteiger partial charge in [-0.25, -0.2) is 9.59 Å². The van der Waals surface area contributed by atoms with Crippen molar-refractivity contribution in [3.8, 4) is 0 Å². The van der Waals surface area contributed by atoms with Crippen molar-refractivity contribution in [2.45, 2.75) is 47.6 Å². The summed E-state index contributed by atoms with van der Waals surface area (Å²) in [5, 5.41) is 0. The Balaban J connectivity index is 3.49. The third-order valence-corrected chi connectivity index (χ3v) is 3.17. The highest BCUT2D eigenvalue weighted by molar-refractivity contribution is 6.05. The van der Waals surface area contributed by atoms with E-state index in [0.717, 1.165) is 11.4 Å². The Bertz CT molecular complexity index is 473. The van der Waals surface area contributed by atoms with Crippen LogP contribution >= 0.6 is 0 Å². The van der Waals surface area contributed by atoms with Gasteiger partial charge in [-0.05, 0) is 41.5 Å². The number of hydrogen-bond donors (Lipinski definition) is 0. The summed E-state index contributed by atoms with van der Waals surface area (Å²) in [6.07, 6.45) is 0. The van der Waals surface area contributed by atoms with Gasteiger partial charge in [0.15, 0.2) is 0 Å². The summed E-state index contributed by atoms with van der Waals surface area (Å²) in [5.41, 5.74) is 2.10. The Morgan fingerprint density at radius 1 is 0.950 bits per heavy atom. The minimum atomic E-state index is -0.476. The highest BCUT2D eigenvalue weighted by Crippen LogP contribution is 2.27. The summed E-state index contributed by atoms with van der Waals surface area (Å²) in [6.45, 7) is 11.7. The predicted molar refractivity (Wildman–Crippen MR) is 76.2 cm³/mol. The van der Waals surface area contributed by atoms with Gasteiger partial charge in [-0.3, -0.25) is 0 Å². The third kappa shape index (κ3) is 2.86. The van der Waals surface area contributed by atoms with E-state index in [-0.39, 0.29) is 19.3 Å². The molecule has 1 aromatic rings. The van der Waals surface area contributed by atoms with Gasteiger partial charge in [0.2, 0.25) is 0 Å². The van der Waals surface area contributed by atoms with E-state index >= 15 is 0 Å². The Morgan fingerprint density at radius 2 is 1.30 bits per heavy atom. The zero-order chi connectivity index (χ0) is 15.4. The molecule has 0 saturated carbocycles. The molecule has 1 aromatic heterocycles. The maximum atomic E-state index is 12.1. The van der Waals surface area contributed by atoms with Crippen molar-refractivity contribution in [3.63, 3.8) is 0 Å². The van der Waals surface area contributed by atoms with Crippen molar-refractivity contribution in [1.29, 1.82) is 0 Å². The largest absolute Gasteiger partial charge is 0.462 e. The molecule has 0 aromatic carbocycles. The minimum Gasteiger partial charge on any atom is -0.462 e. The maximum Gasteiger partial charge on any atom is 0.340 e. The van der Waals surface area contributed by atoms with E-state index in [1.165, 1.54) is 0 Å². The molecule has 0 N–H and O–H groups in total. The molecule has 112 valence electrons. The van der Waals surface area contributed by atoms with E-state index in [4.69, 9.17) is 9.47 Å². The topological polar surface area (TPSA) is 57.5 Å². The molecule has 0 aliphatic rings. The van der Waals surface area contributed by atoms with Crippen LogP contribution in [0.25, 0.3) is 0 Å². The average molecular weight is 281 g/mol. The SMILES string of the molecule is CCOC(=O)c1c(C(=O)OCC)c(C)n(C(C)C)c1C. The van der Waals surface area contributed by atoms with Gasteiger partial charge in [0.1, 0.15) is 0 Å². The van der Waals surface area contributed by atoms with Gasteiger partial charge in [-0.2, -0.15) is 0 Å². The molecule has 0 spiro atoms. The number of carbonyl (C=O) groups excluding carboxylic acids is 2. The van der Waals surface area contributed by atoms with Crippen LogP contribution in [0.1, 0.15) is 65.8 Å². The van der Waals surface area contributed by atoms with Gasteiger partial charge in [0.25, 0.3) is 0 Å². The first kappa shape index (κ1) is 16.3. The van der Waals surface area contributed by atoms with Crippen molar-refractivity contribution in [1.82, 2.24) is 4.57 Å². The normalized spacial score (nSPS) is 10.8. The summed E-state index contributed by atoms with van der Waals surface area (Å²) in [6, 6.07) is 0.145. The lowest BCUT2D eigenvalue weighted by Gasteiger charge is -2.13. The van der Waals surface area contributed by atoms with E-state index < -0.39 is 11.9 Å². The number of esters is 2. The molecule has 5 heteroatoms. The summed E-state index contributed by atoms with van der Waals surface area (Å²) in [5.74, 6) is -0.953. The van der Waals surface area contributed by atoms with Gasteiger partial charge in [-0.15, -0.1) is 0 Å². The van der Waals surface area contributed by atoms with Crippen LogP contribution < -0.4 is 0 Å². The molecule has 0 unspecified atom stereocenters. The number of ether oxygens (including phenoxy) is 2. The second kappa shape index (κ2) is 6.59. The lowest BCUT2D eigenvalue weighted by Crippen LogP contribution is -2.13. The highest BCUT2D eigenvalue weighted by atomic mass is 16.5. The first-order valence-corrected chi connectivity index (χ1v) is 6.92. The number of carbonyl (C=O) groups is 2. The van der Waals surface area contributed by atoms with E-state index in [1.807, 2.05) is 32.3 Å². The third-order valence-electron chi connectivity index (χ3n) is 3.17. The van der Waals surface area contributed by atoms with Crippen LogP contribution in [0, 0.1) is 13.8 Å². The van der Waals surface area contributed by atoms with Gasteiger partial charge >= 0.3 is 11.9 Å². The van der Waals surface area contributed by atoms with Crippen LogP contribution in [0.2, 0.25) is 0 Å². The molecule has 0 amide bonds. The van der Waals surface area contributed by atoms with E-state index in [1.54, 1.807) is 13.8 Å². The Hall–Kier alpha value is -1.78. The van der Waals surface area contributed by atoms with E-state index in [9.17, 15) is 9.59 Å². The van der Waals surface area contributed by atoms with Crippen LogP contribution in [-0.2, 0) is 9.47 Å². The molecule has 0 atom stereocenters. The molecule has 0 radical (unpaired) electrons. The molecule has 5 nitrogen and oxygen atoms in total. The van der Waals surface area contributed by atoms with Gasteiger partial charge in [-0.1, -0.05) is 0 Å². The standard InChI is InChI=1S/C15H23NO4/c1-7-19-14(17)12-10(5)16(9(3)4)11(6)13(12)15(18)20-8-2/h9H,7-8H2,1-6H3. The zero-order valence-corrected chi connectivity index (χ0v) is 13.1. The van der Waals surface area contributed by atoms with Crippen molar-refractivity contribution < 1.29 is 19.1 Å². The molecule has 1 rings (SSSR count). The molecule has 0 aliphatic heterocycles. The highest BCUT2D eigenvalue weighted by Gasteiger charge is 2.29. The van der Waals surface area contributed by atoms with Crippen LogP contribution in [-0.4, -0.2) is 29.7 Å². The Labute approximate surface area is 119 Å². The Morgan fingerprint density at radius 3 is 1.55 bits per heavy atom. The maximum absolute atomic E-state index is 12.1. The summed E-state index contributed by atoms with van der Waals surface area (Å²) in [4.78, 5) is 24.3. The molecule has 0 aliphatic carbocycles. The van der Waals surface area contributed by atoms with Gasteiger partial charge < -0.3 is 14.0 Å². The fourth-order valence-electron chi connectivity index (χ4n) is 2.53.